The van der Waals surface area contributed by atoms with Gasteiger partial charge in [0.05, 0.1) is 13.6 Å². The number of carbonyl (C=O) groups excluding carboxylic acids is 2. The smallest absolute Gasteiger partial charge is 0.254 e. The van der Waals surface area contributed by atoms with Crippen molar-refractivity contribution in [2.45, 2.75) is 19.6 Å². The molecule has 0 atom stereocenters. The van der Waals surface area contributed by atoms with Crippen LogP contribution >= 0.6 is 0 Å². The van der Waals surface area contributed by atoms with Gasteiger partial charge in [0.25, 0.3) is 5.91 Å². The Balaban J connectivity index is 2.52. The van der Waals surface area contributed by atoms with Crippen LogP contribution < -0.4 is 0 Å². The summed E-state index contributed by atoms with van der Waals surface area (Å²) in [6, 6.07) is 15.1. The number of rotatable bonds is 5. The zero-order valence-electron chi connectivity index (χ0n) is 14.2. The Bertz CT molecular complexity index is 705. The van der Waals surface area contributed by atoms with E-state index in [0.717, 1.165) is 23.6 Å². The van der Waals surface area contributed by atoms with Crippen molar-refractivity contribution >= 4 is 20.3 Å². The van der Waals surface area contributed by atoms with Gasteiger partial charge in [-0.05, 0) is 11.1 Å². The Morgan fingerprint density at radius 3 is 2.26 bits per heavy atom. The van der Waals surface area contributed by atoms with Crippen LogP contribution in [0.2, 0.25) is 19.6 Å². The first-order valence-electron chi connectivity index (χ1n) is 7.72. The van der Waals surface area contributed by atoms with Crippen LogP contribution in [0.4, 0.5) is 0 Å². The van der Waals surface area contributed by atoms with E-state index in [1.807, 2.05) is 49.5 Å². The van der Waals surface area contributed by atoms with Crippen LogP contribution in [0.25, 0.3) is 11.1 Å². The summed E-state index contributed by atoms with van der Waals surface area (Å²) in [7, 11) is 0.393. The molecule has 0 bridgehead atoms. The number of benzene rings is 2. The molecule has 120 valence electrons. The summed E-state index contributed by atoms with van der Waals surface area (Å²) in [5, 5.41) is 0. The van der Waals surface area contributed by atoms with Crippen molar-refractivity contribution in [3.05, 3.63) is 59.7 Å². The molecule has 0 aliphatic rings. The largest absolute Gasteiger partial charge is 0.345 e. The average Bonchev–Trinajstić information content (AvgIpc) is 2.52. The lowest BCUT2D eigenvalue weighted by atomic mass is 9.95. The van der Waals surface area contributed by atoms with Gasteiger partial charge >= 0.3 is 0 Å². The fourth-order valence-corrected chi connectivity index (χ4v) is 4.31. The lowest BCUT2D eigenvalue weighted by Gasteiger charge is -2.26. The second kappa shape index (κ2) is 6.92. The Morgan fingerprint density at radius 1 is 1.04 bits per heavy atom. The third-order valence-electron chi connectivity index (χ3n) is 3.58. The van der Waals surface area contributed by atoms with Gasteiger partial charge in [-0.25, -0.2) is 0 Å². The molecule has 0 unspecified atom stereocenters. The highest BCUT2D eigenvalue weighted by Crippen LogP contribution is 2.27. The topological polar surface area (TPSA) is 37.4 Å². The second-order valence-corrected chi connectivity index (χ2v) is 12.4. The van der Waals surface area contributed by atoms with Gasteiger partial charge in [-0.2, -0.15) is 0 Å². The van der Waals surface area contributed by atoms with E-state index in [1.54, 1.807) is 11.0 Å². The molecule has 3 nitrogen and oxygen atoms in total. The number of hydrogen-bond acceptors (Lipinski definition) is 2. The average molecular weight is 325 g/mol. The van der Waals surface area contributed by atoms with Gasteiger partial charge in [0, 0.05) is 18.8 Å². The van der Waals surface area contributed by atoms with Gasteiger partial charge in [-0.15, -0.1) is 0 Å². The van der Waals surface area contributed by atoms with Crippen molar-refractivity contribution in [2.24, 2.45) is 0 Å². The third-order valence-corrected chi connectivity index (χ3v) is 5.00. The van der Waals surface area contributed by atoms with Gasteiger partial charge in [0.2, 0.25) is 0 Å². The minimum atomic E-state index is -1.42. The zero-order valence-corrected chi connectivity index (χ0v) is 15.2. The Hall–Kier alpha value is -2.20. The molecule has 2 aromatic carbocycles. The van der Waals surface area contributed by atoms with Gasteiger partial charge in [-0.3, -0.25) is 9.59 Å². The van der Waals surface area contributed by atoms with Crippen molar-refractivity contribution in [2.75, 3.05) is 13.2 Å². The highest BCUT2D eigenvalue weighted by molar-refractivity contribution is 6.76. The zero-order chi connectivity index (χ0) is 17.0. The molecule has 23 heavy (non-hydrogen) atoms. The monoisotopic (exact) mass is 325 g/mol. The maximum Gasteiger partial charge on any atom is 0.254 e. The van der Waals surface area contributed by atoms with Crippen LogP contribution in [-0.2, 0) is 0 Å². The molecule has 2 aromatic rings. The highest BCUT2D eigenvalue weighted by atomic mass is 28.3. The quantitative estimate of drug-likeness (QED) is 0.612. The van der Waals surface area contributed by atoms with Crippen molar-refractivity contribution in [3.8, 4) is 11.1 Å². The molecule has 1 amide bonds. The number of amides is 1. The predicted octanol–water partition coefficient (Wildman–Crippen LogP) is 4.12. The van der Waals surface area contributed by atoms with Crippen LogP contribution in [0.15, 0.2) is 48.5 Å². The van der Waals surface area contributed by atoms with Crippen molar-refractivity contribution in [1.82, 2.24) is 4.90 Å². The van der Waals surface area contributed by atoms with Gasteiger partial charge < -0.3 is 4.90 Å². The standard InChI is InChI=1S/C19H23NO2Si/c1-20(14-23(2,3)4)19(22)18-16(13-21)11-8-12-17(18)15-9-6-5-7-10-15/h5-13H,14H2,1-4H3. The molecule has 0 saturated carbocycles. The first kappa shape index (κ1) is 17.2. The number of nitrogens with zero attached hydrogens (tertiary/aromatic N) is 1. The van der Waals surface area contributed by atoms with Crippen molar-refractivity contribution < 1.29 is 9.59 Å². The molecular weight excluding hydrogens is 302 g/mol. The normalized spacial score (nSPS) is 11.1. The van der Waals surface area contributed by atoms with Crippen LogP contribution in [0.1, 0.15) is 20.7 Å². The van der Waals surface area contributed by atoms with E-state index in [0.29, 0.717) is 11.1 Å². The summed E-state index contributed by atoms with van der Waals surface area (Å²) in [5.41, 5.74) is 2.69. The molecular formula is C19H23NO2Si. The van der Waals surface area contributed by atoms with E-state index in [1.165, 1.54) is 0 Å². The first-order chi connectivity index (χ1) is 10.8. The summed E-state index contributed by atoms with van der Waals surface area (Å²) in [5.74, 6) is -0.0889. The highest BCUT2D eigenvalue weighted by Gasteiger charge is 2.24. The maximum absolute atomic E-state index is 13.0. The summed E-state index contributed by atoms with van der Waals surface area (Å²) in [4.78, 5) is 26.2. The lowest BCUT2D eigenvalue weighted by molar-refractivity contribution is 0.0813. The Kier molecular flexibility index (Phi) is 5.16. The van der Waals surface area contributed by atoms with Crippen molar-refractivity contribution in [1.29, 1.82) is 0 Å². The third kappa shape index (κ3) is 4.17. The molecule has 0 aliphatic carbocycles. The van der Waals surface area contributed by atoms with E-state index in [9.17, 15) is 9.59 Å². The van der Waals surface area contributed by atoms with Gasteiger partial charge in [0.1, 0.15) is 0 Å². The van der Waals surface area contributed by atoms with E-state index in [4.69, 9.17) is 0 Å². The number of aldehydes is 1. The predicted molar refractivity (Wildman–Crippen MR) is 97.6 cm³/mol. The fourth-order valence-electron chi connectivity index (χ4n) is 2.74. The molecule has 0 saturated heterocycles. The minimum absolute atomic E-state index is 0.0889. The molecule has 0 radical (unpaired) electrons. The van der Waals surface area contributed by atoms with E-state index >= 15 is 0 Å². The van der Waals surface area contributed by atoms with Crippen LogP contribution in [0.3, 0.4) is 0 Å². The molecule has 0 aliphatic heterocycles. The Labute approximate surface area is 139 Å². The number of carbonyl (C=O) groups is 2. The molecule has 0 heterocycles. The second-order valence-electron chi connectivity index (χ2n) is 6.98. The molecule has 0 spiro atoms. The summed E-state index contributed by atoms with van der Waals surface area (Å²) < 4.78 is 0. The minimum Gasteiger partial charge on any atom is -0.345 e. The van der Waals surface area contributed by atoms with E-state index < -0.39 is 8.07 Å². The molecule has 0 fully saturated rings. The van der Waals surface area contributed by atoms with E-state index in [-0.39, 0.29) is 5.91 Å². The SMILES string of the molecule is CN(C[Si](C)(C)C)C(=O)c1c(C=O)cccc1-c1ccccc1. The number of hydrogen-bond donors (Lipinski definition) is 0. The molecule has 4 heteroatoms. The maximum atomic E-state index is 13.0. The fraction of sp³-hybridized carbons (Fsp3) is 0.263. The molecule has 2 rings (SSSR count). The van der Waals surface area contributed by atoms with E-state index in [2.05, 4.69) is 19.6 Å². The van der Waals surface area contributed by atoms with Gasteiger partial charge in [-0.1, -0.05) is 68.2 Å². The molecule has 0 N–H and O–H groups in total. The van der Waals surface area contributed by atoms with Gasteiger partial charge in [0.15, 0.2) is 6.29 Å². The summed E-state index contributed by atoms with van der Waals surface area (Å²) in [6.45, 7) is 6.67. The van der Waals surface area contributed by atoms with Crippen molar-refractivity contribution in [3.63, 3.8) is 0 Å². The van der Waals surface area contributed by atoms with Crippen LogP contribution in [0.5, 0.6) is 0 Å². The summed E-state index contributed by atoms with van der Waals surface area (Å²) >= 11 is 0. The summed E-state index contributed by atoms with van der Waals surface area (Å²) in [6.07, 6.45) is 1.52. The first-order valence-corrected chi connectivity index (χ1v) is 11.4. The van der Waals surface area contributed by atoms with Crippen LogP contribution in [0, 0.1) is 0 Å². The molecule has 0 aromatic heterocycles. The lowest BCUT2D eigenvalue weighted by Crippen LogP contribution is -2.41. The van der Waals surface area contributed by atoms with Crippen LogP contribution in [-0.4, -0.2) is 38.4 Å². The Morgan fingerprint density at radius 2 is 1.70 bits per heavy atom.